The highest BCUT2D eigenvalue weighted by Crippen LogP contribution is 2.43. The first-order valence-electron chi connectivity index (χ1n) is 11.0. The number of aryl methyl sites for hydroxylation is 2. The number of fused-ring (bicyclic) bond motifs is 3. The number of amides is 1. The van der Waals surface area contributed by atoms with E-state index in [-0.39, 0.29) is 24.1 Å². The van der Waals surface area contributed by atoms with Crippen molar-refractivity contribution in [2.45, 2.75) is 77.0 Å². The quantitative estimate of drug-likeness (QED) is 0.600. The number of aromatic nitrogens is 4. The standard InChI is InChI=1S/C23H29N5O3/c1-13-18-9-6-14(12-19(18)27(5)25-13)21-24-20(26-31-21)15-10-16-7-8-17(11-15)28(16)22(29)30-23(2,3)4/h6,9,12,15-17H,7-8,10-11H2,1-5H3/t15-,16-,17+. The Balaban J connectivity index is 1.35. The minimum Gasteiger partial charge on any atom is -0.444 e. The van der Waals surface area contributed by atoms with E-state index >= 15 is 0 Å². The summed E-state index contributed by atoms with van der Waals surface area (Å²) in [4.78, 5) is 19.4. The number of hydrogen-bond donors (Lipinski definition) is 0. The molecule has 3 atom stereocenters. The van der Waals surface area contributed by atoms with Crippen LogP contribution in [-0.4, -0.2) is 48.6 Å². The van der Waals surface area contributed by atoms with Gasteiger partial charge in [0.05, 0.1) is 11.2 Å². The maximum atomic E-state index is 12.7. The van der Waals surface area contributed by atoms with Gasteiger partial charge in [0.1, 0.15) is 5.60 Å². The molecule has 2 fully saturated rings. The van der Waals surface area contributed by atoms with Gasteiger partial charge in [0, 0.05) is 36.0 Å². The van der Waals surface area contributed by atoms with Crippen molar-refractivity contribution in [3.05, 3.63) is 29.7 Å². The first-order chi connectivity index (χ1) is 14.7. The Hall–Kier alpha value is -2.90. The van der Waals surface area contributed by atoms with Crippen LogP contribution >= 0.6 is 0 Å². The Morgan fingerprint density at radius 1 is 1.19 bits per heavy atom. The summed E-state index contributed by atoms with van der Waals surface area (Å²) < 4.78 is 13.1. The maximum Gasteiger partial charge on any atom is 0.410 e. The van der Waals surface area contributed by atoms with Crippen LogP contribution in [0.25, 0.3) is 22.4 Å². The molecule has 4 heterocycles. The molecule has 8 heteroatoms. The van der Waals surface area contributed by atoms with E-state index in [1.807, 2.05) is 56.5 Å². The molecule has 1 amide bonds. The van der Waals surface area contributed by atoms with Gasteiger partial charge in [-0.15, -0.1) is 0 Å². The van der Waals surface area contributed by atoms with E-state index in [9.17, 15) is 4.79 Å². The number of ether oxygens (including phenoxy) is 1. The molecule has 1 aromatic carbocycles. The molecule has 0 radical (unpaired) electrons. The van der Waals surface area contributed by atoms with Crippen LogP contribution in [0.3, 0.4) is 0 Å². The van der Waals surface area contributed by atoms with Crippen LogP contribution in [0.2, 0.25) is 0 Å². The number of benzene rings is 1. The Bertz CT molecular complexity index is 1130. The van der Waals surface area contributed by atoms with Crippen LogP contribution in [0.4, 0.5) is 4.79 Å². The monoisotopic (exact) mass is 423 g/mol. The molecule has 2 saturated heterocycles. The Morgan fingerprint density at radius 2 is 1.90 bits per heavy atom. The van der Waals surface area contributed by atoms with Crippen LogP contribution in [-0.2, 0) is 11.8 Å². The van der Waals surface area contributed by atoms with Crippen molar-refractivity contribution in [2.24, 2.45) is 7.05 Å². The number of carbonyl (C=O) groups is 1. The predicted octanol–water partition coefficient (Wildman–Crippen LogP) is 4.58. The summed E-state index contributed by atoms with van der Waals surface area (Å²) in [6, 6.07) is 6.45. The van der Waals surface area contributed by atoms with Gasteiger partial charge < -0.3 is 14.2 Å². The van der Waals surface area contributed by atoms with Gasteiger partial charge in [0.15, 0.2) is 5.82 Å². The second-order valence-electron chi connectivity index (χ2n) is 9.84. The molecule has 2 bridgehead atoms. The number of nitrogens with zero attached hydrogens (tertiary/aromatic N) is 5. The summed E-state index contributed by atoms with van der Waals surface area (Å²) in [5.74, 6) is 1.45. The van der Waals surface area contributed by atoms with E-state index in [1.54, 1.807) is 0 Å². The molecule has 2 aliphatic heterocycles. The fourth-order valence-electron chi connectivity index (χ4n) is 5.09. The average molecular weight is 424 g/mol. The van der Waals surface area contributed by atoms with Gasteiger partial charge in [-0.3, -0.25) is 4.68 Å². The minimum atomic E-state index is -0.483. The molecule has 0 aliphatic carbocycles. The third-order valence-electron chi connectivity index (χ3n) is 6.43. The lowest BCUT2D eigenvalue weighted by molar-refractivity contribution is 0.00548. The first kappa shape index (κ1) is 20.0. The van der Waals surface area contributed by atoms with Crippen molar-refractivity contribution in [3.63, 3.8) is 0 Å². The molecule has 0 unspecified atom stereocenters. The molecule has 0 N–H and O–H groups in total. The van der Waals surface area contributed by atoms with Gasteiger partial charge in [0.2, 0.25) is 0 Å². The third-order valence-corrected chi connectivity index (χ3v) is 6.43. The van der Waals surface area contributed by atoms with Crippen molar-refractivity contribution in [3.8, 4) is 11.5 Å². The highest BCUT2D eigenvalue weighted by atomic mass is 16.6. The molecule has 164 valence electrons. The highest BCUT2D eigenvalue weighted by molar-refractivity contribution is 5.85. The summed E-state index contributed by atoms with van der Waals surface area (Å²) >= 11 is 0. The lowest BCUT2D eigenvalue weighted by Crippen LogP contribution is -2.48. The maximum absolute atomic E-state index is 12.7. The zero-order chi connectivity index (χ0) is 21.9. The molecule has 2 aromatic heterocycles. The second kappa shape index (κ2) is 7.07. The Morgan fingerprint density at radius 3 is 2.58 bits per heavy atom. The van der Waals surface area contributed by atoms with Gasteiger partial charge in [0.25, 0.3) is 5.89 Å². The van der Waals surface area contributed by atoms with Gasteiger partial charge >= 0.3 is 6.09 Å². The number of carbonyl (C=O) groups excluding carboxylic acids is 1. The zero-order valence-electron chi connectivity index (χ0n) is 18.8. The van der Waals surface area contributed by atoms with Gasteiger partial charge in [-0.05, 0) is 65.5 Å². The second-order valence-corrected chi connectivity index (χ2v) is 9.84. The van der Waals surface area contributed by atoms with Gasteiger partial charge in [-0.1, -0.05) is 11.2 Å². The first-order valence-corrected chi connectivity index (χ1v) is 11.0. The van der Waals surface area contributed by atoms with Crippen LogP contribution in [0.1, 0.15) is 63.9 Å². The van der Waals surface area contributed by atoms with E-state index in [4.69, 9.17) is 14.2 Å². The zero-order valence-corrected chi connectivity index (χ0v) is 18.8. The van der Waals surface area contributed by atoms with Gasteiger partial charge in [-0.25, -0.2) is 4.79 Å². The number of hydrogen-bond acceptors (Lipinski definition) is 6. The summed E-state index contributed by atoms with van der Waals surface area (Å²) in [6.07, 6.45) is 3.49. The van der Waals surface area contributed by atoms with Crippen molar-refractivity contribution in [1.82, 2.24) is 24.8 Å². The summed E-state index contributed by atoms with van der Waals surface area (Å²) in [5, 5.41) is 9.91. The van der Waals surface area contributed by atoms with E-state index in [0.29, 0.717) is 5.89 Å². The van der Waals surface area contributed by atoms with Gasteiger partial charge in [-0.2, -0.15) is 10.1 Å². The molecule has 31 heavy (non-hydrogen) atoms. The molecular weight excluding hydrogens is 394 g/mol. The summed E-state index contributed by atoms with van der Waals surface area (Å²) in [5.41, 5.74) is 2.45. The molecule has 2 aliphatic rings. The SMILES string of the molecule is Cc1nn(C)c2cc(-c3nc([C@@H]4C[C@H]5CC[C@@H](C4)N5C(=O)OC(C)(C)C)no3)ccc12. The third kappa shape index (κ3) is 3.58. The van der Waals surface area contributed by atoms with Crippen LogP contribution < -0.4 is 0 Å². The number of rotatable bonds is 2. The Kier molecular flexibility index (Phi) is 4.57. The number of piperidine rings is 1. The van der Waals surface area contributed by atoms with Crippen LogP contribution in [0.5, 0.6) is 0 Å². The summed E-state index contributed by atoms with van der Waals surface area (Å²) in [6.45, 7) is 7.73. The van der Waals surface area contributed by atoms with E-state index < -0.39 is 5.60 Å². The predicted molar refractivity (Wildman–Crippen MR) is 116 cm³/mol. The molecular formula is C23H29N5O3. The summed E-state index contributed by atoms with van der Waals surface area (Å²) in [7, 11) is 1.94. The molecule has 0 saturated carbocycles. The lowest BCUT2D eigenvalue weighted by atomic mass is 9.90. The normalized spacial score (nSPS) is 23.5. The Labute approximate surface area is 181 Å². The lowest BCUT2D eigenvalue weighted by Gasteiger charge is -2.38. The molecule has 5 rings (SSSR count). The van der Waals surface area contributed by atoms with Crippen molar-refractivity contribution in [1.29, 1.82) is 0 Å². The van der Waals surface area contributed by atoms with Crippen LogP contribution in [0, 0.1) is 6.92 Å². The van der Waals surface area contributed by atoms with Crippen LogP contribution in [0.15, 0.2) is 22.7 Å². The minimum absolute atomic E-state index is 0.175. The van der Waals surface area contributed by atoms with E-state index in [2.05, 4.69) is 16.3 Å². The highest BCUT2D eigenvalue weighted by Gasteiger charge is 2.46. The smallest absolute Gasteiger partial charge is 0.410 e. The molecule has 0 spiro atoms. The topological polar surface area (TPSA) is 86.3 Å². The van der Waals surface area contributed by atoms with E-state index in [1.165, 1.54) is 0 Å². The fraction of sp³-hybridized carbons (Fsp3) is 0.565. The molecule has 8 nitrogen and oxygen atoms in total. The fourth-order valence-corrected chi connectivity index (χ4v) is 5.09. The largest absolute Gasteiger partial charge is 0.444 e. The van der Waals surface area contributed by atoms with E-state index in [0.717, 1.165) is 53.7 Å². The molecule has 3 aromatic rings. The van der Waals surface area contributed by atoms with Crippen molar-refractivity contribution < 1.29 is 14.1 Å². The van der Waals surface area contributed by atoms with Crippen molar-refractivity contribution >= 4 is 17.0 Å². The average Bonchev–Trinajstić information content (AvgIpc) is 3.36. The van der Waals surface area contributed by atoms with Crippen molar-refractivity contribution in [2.75, 3.05) is 0 Å².